The van der Waals surface area contributed by atoms with Gasteiger partial charge in [0.2, 0.25) is 0 Å². The van der Waals surface area contributed by atoms with Crippen molar-refractivity contribution in [3.63, 3.8) is 0 Å². The van der Waals surface area contributed by atoms with Crippen LogP contribution in [0.1, 0.15) is 43.2 Å². The number of aromatic nitrogens is 1. The summed E-state index contributed by atoms with van der Waals surface area (Å²) >= 11 is 0. The summed E-state index contributed by atoms with van der Waals surface area (Å²) in [6.45, 7) is 4.79. The van der Waals surface area contributed by atoms with Crippen LogP contribution in [0.5, 0.6) is 0 Å². The highest BCUT2D eigenvalue weighted by Crippen LogP contribution is 2.41. The van der Waals surface area contributed by atoms with Crippen LogP contribution in [-0.4, -0.2) is 57.7 Å². The molecular weight excluding hydrogens is 633 g/mol. The van der Waals surface area contributed by atoms with E-state index >= 15 is 0 Å². The van der Waals surface area contributed by atoms with Crippen molar-refractivity contribution in [2.24, 2.45) is 10.2 Å². The Kier molecular flexibility index (Phi) is 9.71. The van der Waals surface area contributed by atoms with Crippen molar-refractivity contribution in [3.8, 4) is 6.07 Å². The first-order valence-electron chi connectivity index (χ1n) is 13.4. The molecule has 1 heterocycles. The predicted octanol–water partition coefficient (Wildman–Crippen LogP) is 5.04. The summed E-state index contributed by atoms with van der Waals surface area (Å²) in [5.41, 5.74) is -0.0221. The minimum absolute atomic E-state index is 0.00483. The quantitative estimate of drug-likeness (QED) is 0.156. The van der Waals surface area contributed by atoms with E-state index in [2.05, 4.69) is 32.4 Å². The van der Waals surface area contributed by atoms with Gasteiger partial charge in [-0.25, -0.2) is 13.4 Å². The molecule has 1 fully saturated rings. The van der Waals surface area contributed by atoms with Crippen LogP contribution in [0.2, 0.25) is 0 Å². The SMILES string of the molecule is C=CS(=O)(=O)CCNc1nc(NC2CCCCC2)c(/N=N/c2c(S(=O)(=O)O)cc(S(=O)(=O)O)c3ccccc23)c(C)c1C#N. The Balaban J connectivity index is 1.92. The Morgan fingerprint density at radius 3 is 2.18 bits per heavy atom. The van der Waals surface area contributed by atoms with Crippen LogP contribution >= 0.6 is 0 Å². The van der Waals surface area contributed by atoms with E-state index in [1.54, 1.807) is 6.92 Å². The number of hydrogen-bond acceptors (Lipinski definition) is 12. The van der Waals surface area contributed by atoms with E-state index in [4.69, 9.17) is 0 Å². The van der Waals surface area contributed by atoms with Crippen LogP contribution < -0.4 is 10.6 Å². The number of pyridine rings is 1. The van der Waals surface area contributed by atoms with Gasteiger partial charge >= 0.3 is 0 Å². The molecule has 0 spiro atoms. The number of anilines is 2. The Morgan fingerprint density at radius 2 is 1.59 bits per heavy atom. The topological polar surface area (TPSA) is 228 Å². The smallest absolute Gasteiger partial charge is 0.296 e. The molecule has 4 rings (SSSR count). The molecule has 44 heavy (non-hydrogen) atoms. The highest BCUT2D eigenvalue weighted by atomic mass is 32.2. The van der Waals surface area contributed by atoms with Crippen LogP contribution in [0.25, 0.3) is 10.8 Å². The van der Waals surface area contributed by atoms with E-state index < -0.39 is 45.6 Å². The molecule has 0 amide bonds. The van der Waals surface area contributed by atoms with Crippen molar-refractivity contribution < 1.29 is 34.4 Å². The summed E-state index contributed by atoms with van der Waals surface area (Å²) in [6.07, 6.45) is 4.66. The molecule has 0 radical (unpaired) electrons. The van der Waals surface area contributed by atoms with E-state index in [1.807, 2.05) is 6.07 Å². The second-order valence-corrected chi connectivity index (χ2v) is 15.0. The zero-order valence-electron chi connectivity index (χ0n) is 23.6. The maximum atomic E-state index is 12.4. The van der Waals surface area contributed by atoms with Crippen LogP contribution in [0.15, 0.2) is 62.3 Å². The second kappa shape index (κ2) is 13.0. The van der Waals surface area contributed by atoms with E-state index in [1.165, 1.54) is 24.3 Å². The maximum Gasteiger partial charge on any atom is 0.296 e. The molecule has 17 heteroatoms. The lowest BCUT2D eigenvalue weighted by Gasteiger charge is -2.25. The predicted molar refractivity (Wildman–Crippen MR) is 164 cm³/mol. The fourth-order valence-corrected chi connectivity index (χ4v) is 6.95. The number of fused-ring (bicyclic) bond motifs is 1. The van der Waals surface area contributed by atoms with Crippen molar-refractivity contribution in [2.45, 2.75) is 54.9 Å². The fourth-order valence-electron chi connectivity index (χ4n) is 4.93. The van der Waals surface area contributed by atoms with E-state index in [-0.39, 0.29) is 57.6 Å². The molecule has 0 bridgehead atoms. The van der Waals surface area contributed by atoms with Gasteiger partial charge in [0.1, 0.15) is 33.1 Å². The number of hydrogen-bond donors (Lipinski definition) is 4. The third-order valence-electron chi connectivity index (χ3n) is 7.15. The molecular formula is C27H30N6O8S3. The van der Waals surface area contributed by atoms with Crippen molar-refractivity contribution in [1.82, 2.24) is 4.98 Å². The lowest BCUT2D eigenvalue weighted by atomic mass is 9.95. The number of benzene rings is 2. The average Bonchev–Trinajstić information content (AvgIpc) is 2.96. The summed E-state index contributed by atoms with van der Waals surface area (Å²) < 4.78 is 92.4. The molecule has 0 saturated heterocycles. The minimum atomic E-state index is -5.08. The van der Waals surface area contributed by atoms with Crippen LogP contribution in [0.4, 0.5) is 23.0 Å². The second-order valence-electron chi connectivity index (χ2n) is 10.1. The standard InChI is InChI=1S/C27H30N6O8S3/c1-3-42(34,35)14-13-29-26-21(16-28)17(2)24(27(31-26)30-18-9-5-4-6-10-18)32-33-25-20-12-8-7-11-19(20)22(43(36,37)38)15-23(25)44(39,40)41/h3,7-8,11-12,15,18H,1,4-6,9-10,13-14H2,2H3,(H2,29,30,31)(H,36,37,38)(H,39,40,41)/b33-32+. The van der Waals surface area contributed by atoms with Gasteiger partial charge in [-0.05, 0) is 25.8 Å². The fraction of sp³-hybridized carbons (Fsp3) is 0.333. The van der Waals surface area contributed by atoms with E-state index in [0.29, 0.717) is 6.07 Å². The first-order chi connectivity index (χ1) is 20.7. The number of nitrogens with zero attached hydrogens (tertiary/aromatic N) is 4. The Morgan fingerprint density at radius 1 is 0.977 bits per heavy atom. The van der Waals surface area contributed by atoms with Gasteiger partial charge in [0.25, 0.3) is 20.2 Å². The third-order valence-corrected chi connectivity index (χ3v) is 10.2. The van der Waals surface area contributed by atoms with Crippen LogP contribution in [0, 0.1) is 18.3 Å². The Labute approximate surface area is 255 Å². The van der Waals surface area contributed by atoms with Gasteiger partial charge in [-0.3, -0.25) is 9.11 Å². The molecule has 14 nitrogen and oxygen atoms in total. The number of nitriles is 1. The number of rotatable bonds is 11. The summed E-state index contributed by atoms with van der Waals surface area (Å²) in [6, 6.07) is 8.25. The molecule has 1 aliphatic carbocycles. The van der Waals surface area contributed by atoms with Crippen molar-refractivity contribution in [2.75, 3.05) is 22.9 Å². The number of nitrogens with one attached hydrogen (secondary N) is 2. The van der Waals surface area contributed by atoms with Gasteiger partial charge in [0.15, 0.2) is 15.7 Å². The highest BCUT2D eigenvalue weighted by Gasteiger charge is 2.26. The van der Waals surface area contributed by atoms with Gasteiger partial charge in [-0.1, -0.05) is 50.1 Å². The molecule has 0 aliphatic heterocycles. The van der Waals surface area contributed by atoms with Crippen molar-refractivity contribution >= 4 is 63.9 Å². The van der Waals surface area contributed by atoms with Gasteiger partial charge in [-0.2, -0.15) is 22.1 Å². The monoisotopic (exact) mass is 662 g/mol. The number of sulfone groups is 1. The first kappa shape index (κ1) is 33.0. The zero-order valence-corrected chi connectivity index (χ0v) is 26.0. The third kappa shape index (κ3) is 7.39. The maximum absolute atomic E-state index is 12.4. The molecule has 4 N–H and O–H groups in total. The van der Waals surface area contributed by atoms with Gasteiger partial charge in [0.05, 0.1) is 11.3 Å². The van der Waals surface area contributed by atoms with E-state index in [0.717, 1.165) is 37.5 Å². The molecule has 1 aliphatic rings. The van der Waals surface area contributed by atoms with Crippen molar-refractivity contribution in [1.29, 1.82) is 5.26 Å². The molecule has 1 saturated carbocycles. The summed E-state index contributed by atoms with van der Waals surface area (Å²) in [4.78, 5) is 2.87. The molecule has 3 aromatic rings. The van der Waals surface area contributed by atoms with Gasteiger partial charge in [0, 0.05) is 34.3 Å². The van der Waals surface area contributed by atoms with Crippen molar-refractivity contribution in [3.05, 3.63) is 53.4 Å². The molecule has 2 aromatic carbocycles. The molecule has 1 aromatic heterocycles. The van der Waals surface area contributed by atoms with Gasteiger partial charge in [-0.15, -0.1) is 10.2 Å². The Hall–Kier alpha value is -3.95. The van der Waals surface area contributed by atoms with E-state index in [9.17, 15) is 39.6 Å². The summed E-state index contributed by atoms with van der Waals surface area (Å²) in [7, 11) is -13.5. The summed E-state index contributed by atoms with van der Waals surface area (Å²) in [5.74, 6) is 0.00146. The molecule has 234 valence electrons. The lowest BCUT2D eigenvalue weighted by molar-refractivity contribution is 0.462. The first-order valence-corrected chi connectivity index (χ1v) is 18.0. The Bertz CT molecular complexity index is 2020. The zero-order chi connectivity index (χ0) is 32.3. The van der Waals surface area contributed by atoms with Crippen LogP contribution in [0.3, 0.4) is 0 Å². The average molecular weight is 663 g/mol. The molecule has 0 unspecified atom stereocenters. The lowest BCUT2D eigenvalue weighted by Crippen LogP contribution is -2.23. The van der Waals surface area contributed by atoms with Gasteiger partial charge < -0.3 is 10.6 Å². The highest BCUT2D eigenvalue weighted by molar-refractivity contribution is 7.94. The number of azo groups is 1. The summed E-state index contributed by atoms with van der Waals surface area (Å²) in [5, 5.41) is 25.3. The normalized spacial score (nSPS) is 14.9. The molecule has 0 atom stereocenters. The van der Waals surface area contributed by atoms with Crippen LogP contribution in [-0.2, 0) is 30.1 Å². The minimum Gasteiger partial charge on any atom is -0.368 e. The largest absolute Gasteiger partial charge is 0.368 e.